The maximum Gasteiger partial charge on any atom is 0.0710 e. The quantitative estimate of drug-likeness (QED) is 0.686. The number of hydrogen-bond acceptors (Lipinski definition) is 2. The van der Waals surface area contributed by atoms with Crippen molar-refractivity contribution < 1.29 is 4.74 Å². The van der Waals surface area contributed by atoms with Gasteiger partial charge >= 0.3 is 0 Å². The highest BCUT2D eigenvalue weighted by Gasteiger charge is 2.43. The Balaban J connectivity index is 4.81. The van der Waals surface area contributed by atoms with Crippen LogP contribution in [0.5, 0.6) is 0 Å². The molecule has 104 valence electrons. The summed E-state index contributed by atoms with van der Waals surface area (Å²) in [5, 5.41) is 3.15. The highest BCUT2D eigenvalue weighted by atomic mass is 16.5. The predicted octanol–water partition coefficient (Wildman–Crippen LogP) is 3.85. The fourth-order valence-corrected chi connectivity index (χ4v) is 2.25. The first-order chi connectivity index (χ1) is 7.58. The number of hydrogen-bond donors (Lipinski definition) is 1. The lowest BCUT2D eigenvalue weighted by molar-refractivity contribution is -0.131. The van der Waals surface area contributed by atoms with Gasteiger partial charge in [0.25, 0.3) is 0 Å². The molecule has 0 spiro atoms. The summed E-state index contributed by atoms with van der Waals surface area (Å²) in [6.07, 6.45) is 2.23. The fourth-order valence-electron chi connectivity index (χ4n) is 2.25. The van der Waals surface area contributed by atoms with Crippen LogP contribution >= 0.6 is 0 Å². The van der Waals surface area contributed by atoms with Crippen LogP contribution in [-0.2, 0) is 4.74 Å². The zero-order chi connectivity index (χ0) is 13.7. The predicted molar refractivity (Wildman–Crippen MR) is 76.4 cm³/mol. The average molecular weight is 243 g/mol. The molecule has 0 saturated carbocycles. The minimum absolute atomic E-state index is 0.0587. The van der Waals surface area contributed by atoms with Gasteiger partial charge in [0.1, 0.15) is 0 Å². The van der Waals surface area contributed by atoms with Gasteiger partial charge in [0.2, 0.25) is 0 Å². The van der Waals surface area contributed by atoms with Crippen molar-refractivity contribution in [3.63, 3.8) is 0 Å². The first kappa shape index (κ1) is 16.9. The summed E-state index contributed by atoms with van der Waals surface area (Å²) in [6, 6.07) is 0. The third kappa shape index (κ3) is 5.39. The molecule has 17 heavy (non-hydrogen) atoms. The van der Waals surface area contributed by atoms with Crippen LogP contribution in [0.2, 0.25) is 0 Å². The Morgan fingerprint density at radius 1 is 1.00 bits per heavy atom. The van der Waals surface area contributed by atoms with E-state index in [9.17, 15) is 0 Å². The van der Waals surface area contributed by atoms with Gasteiger partial charge in [0.15, 0.2) is 0 Å². The second-order valence-electron chi connectivity index (χ2n) is 7.16. The van der Waals surface area contributed by atoms with E-state index in [0.717, 1.165) is 26.0 Å². The summed E-state index contributed by atoms with van der Waals surface area (Å²) >= 11 is 0. The lowest BCUT2D eigenvalue weighted by Crippen LogP contribution is -2.47. The first-order valence-electron chi connectivity index (χ1n) is 6.86. The normalized spacial score (nSPS) is 16.9. The Morgan fingerprint density at radius 2 is 1.53 bits per heavy atom. The van der Waals surface area contributed by atoms with Crippen LogP contribution in [0.3, 0.4) is 0 Å². The molecule has 0 aromatic carbocycles. The molecule has 0 heterocycles. The fraction of sp³-hybridized carbons (Fsp3) is 1.00. The molecule has 1 unspecified atom stereocenters. The molecule has 0 aliphatic carbocycles. The van der Waals surface area contributed by atoms with Crippen LogP contribution < -0.4 is 5.32 Å². The average Bonchev–Trinajstić information content (AvgIpc) is 2.15. The molecule has 0 aliphatic rings. The highest BCUT2D eigenvalue weighted by molar-refractivity contribution is 4.93. The maximum absolute atomic E-state index is 6.24. The summed E-state index contributed by atoms with van der Waals surface area (Å²) in [7, 11) is 1.97. The van der Waals surface area contributed by atoms with E-state index in [-0.39, 0.29) is 11.0 Å². The second kappa shape index (κ2) is 6.19. The second-order valence-corrected chi connectivity index (χ2v) is 7.16. The largest absolute Gasteiger partial charge is 0.373 e. The van der Waals surface area contributed by atoms with Gasteiger partial charge in [-0.05, 0) is 37.6 Å². The van der Waals surface area contributed by atoms with Crippen molar-refractivity contribution in [2.24, 2.45) is 10.8 Å². The molecule has 0 aromatic rings. The van der Waals surface area contributed by atoms with Crippen LogP contribution in [0.1, 0.15) is 61.3 Å². The van der Waals surface area contributed by atoms with Crippen LogP contribution in [0, 0.1) is 10.8 Å². The Labute approximate surface area is 109 Å². The van der Waals surface area contributed by atoms with Gasteiger partial charge in [-0.25, -0.2) is 0 Å². The summed E-state index contributed by atoms with van der Waals surface area (Å²) in [6.45, 7) is 17.7. The van der Waals surface area contributed by atoms with Gasteiger partial charge in [0, 0.05) is 6.54 Å². The standard InChI is InChI=1S/C15H33NO/c1-9-14(5,6)15(7,12-13(2,3)4)17-11-10-16-8/h16H,9-12H2,1-8H3. The molecule has 0 radical (unpaired) electrons. The van der Waals surface area contributed by atoms with Crippen molar-refractivity contribution in [3.05, 3.63) is 0 Å². The van der Waals surface area contributed by atoms with Crippen molar-refractivity contribution in [1.82, 2.24) is 5.32 Å². The van der Waals surface area contributed by atoms with E-state index in [1.807, 2.05) is 7.05 Å². The summed E-state index contributed by atoms with van der Waals surface area (Å²) in [5.74, 6) is 0. The van der Waals surface area contributed by atoms with Crippen LogP contribution in [0.15, 0.2) is 0 Å². The van der Waals surface area contributed by atoms with E-state index in [1.54, 1.807) is 0 Å². The number of rotatable bonds is 7. The molecule has 0 fully saturated rings. The molecule has 0 aromatic heterocycles. The zero-order valence-corrected chi connectivity index (χ0v) is 13.2. The summed E-state index contributed by atoms with van der Waals surface area (Å²) in [5.41, 5.74) is 0.436. The van der Waals surface area contributed by atoms with Gasteiger partial charge in [-0.3, -0.25) is 0 Å². The number of ether oxygens (including phenoxy) is 1. The third-order valence-corrected chi connectivity index (χ3v) is 3.96. The van der Waals surface area contributed by atoms with Crippen molar-refractivity contribution in [3.8, 4) is 0 Å². The van der Waals surface area contributed by atoms with Crippen LogP contribution in [0.25, 0.3) is 0 Å². The monoisotopic (exact) mass is 243 g/mol. The molecule has 0 bridgehead atoms. The van der Waals surface area contributed by atoms with Gasteiger partial charge in [-0.1, -0.05) is 41.5 Å². The topological polar surface area (TPSA) is 21.3 Å². The SMILES string of the molecule is CCC(C)(C)C(C)(CC(C)(C)C)OCCNC. The minimum atomic E-state index is -0.0587. The lowest BCUT2D eigenvalue weighted by Gasteiger charge is -2.47. The molecular weight excluding hydrogens is 210 g/mol. The zero-order valence-electron chi connectivity index (χ0n) is 13.2. The molecule has 0 rings (SSSR count). The molecule has 0 amide bonds. The Hall–Kier alpha value is -0.0800. The van der Waals surface area contributed by atoms with E-state index in [2.05, 4.69) is 53.8 Å². The van der Waals surface area contributed by atoms with Crippen molar-refractivity contribution >= 4 is 0 Å². The Bertz CT molecular complexity index is 217. The van der Waals surface area contributed by atoms with Crippen molar-refractivity contribution in [2.45, 2.75) is 66.9 Å². The summed E-state index contributed by atoms with van der Waals surface area (Å²) < 4.78 is 6.24. The van der Waals surface area contributed by atoms with Crippen molar-refractivity contribution in [1.29, 1.82) is 0 Å². The molecule has 1 N–H and O–H groups in total. The molecule has 0 saturated heterocycles. The van der Waals surface area contributed by atoms with E-state index in [1.165, 1.54) is 0 Å². The van der Waals surface area contributed by atoms with Crippen LogP contribution in [-0.4, -0.2) is 25.8 Å². The first-order valence-corrected chi connectivity index (χ1v) is 6.86. The molecule has 0 aliphatic heterocycles. The molecule has 2 nitrogen and oxygen atoms in total. The van der Waals surface area contributed by atoms with E-state index in [4.69, 9.17) is 4.74 Å². The van der Waals surface area contributed by atoms with Gasteiger partial charge < -0.3 is 10.1 Å². The van der Waals surface area contributed by atoms with Gasteiger partial charge in [-0.2, -0.15) is 0 Å². The van der Waals surface area contributed by atoms with E-state index >= 15 is 0 Å². The van der Waals surface area contributed by atoms with Crippen molar-refractivity contribution in [2.75, 3.05) is 20.2 Å². The highest BCUT2D eigenvalue weighted by Crippen LogP contribution is 2.44. The molecule has 1 atom stereocenters. The van der Waals surface area contributed by atoms with E-state index < -0.39 is 0 Å². The molecular formula is C15H33NO. The molecule has 2 heteroatoms. The Morgan fingerprint density at radius 3 is 1.88 bits per heavy atom. The Kier molecular flexibility index (Phi) is 6.16. The van der Waals surface area contributed by atoms with Crippen LogP contribution in [0.4, 0.5) is 0 Å². The van der Waals surface area contributed by atoms with Gasteiger partial charge in [0.05, 0.1) is 12.2 Å². The van der Waals surface area contributed by atoms with Gasteiger partial charge in [-0.15, -0.1) is 0 Å². The third-order valence-electron chi connectivity index (χ3n) is 3.96. The lowest BCUT2D eigenvalue weighted by atomic mass is 9.67. The maximum atomic E-state index is 6.24. The summed E-state index contributed by atoms with van der Waals surface area (Å²) in [4.78, 5) is 0. The number of nitrogens with one attached hydrogen (secondary N) is 1. The van der Waals surface area contributed by atoms with E-state index in [0.29, 0.717) is 5.41 Å². The minimum Gasteiger partial charge on any atom is -0.373 e. The number of likely N-dealkylation sites (N-methyl/N-ethyl adjacent to an activating group) is 1. The smallest absolute Gasteiger partial charge is 0.0710 e.